The quantitative estimate of drug-likeness (QED) is 0.575. The third-order valence-electron chi connectivity index (χ3n) is 4.54. The molecular weight excluding hydrogens is 357 g/mol. The molecule has 1 aliphatic rings. The van der Waals surface area contributed by atoms with Crippen molar-refractivity contribution >= 4 is 17.5 Å². The highest BCUT2D eigenvalue weighted by Crippen LogP contribution is 2.39. The van der Waals surface area contributed by atoms with Crippen molar-refractivity contribution in [2.24, 2.45) is 11.8 Å². The zero-order chi connectivity index (χ0) is 19.4. The SMILES string of the molecule is O=C(NCCCc1ccccc1)C1CC1C(=O)Nc1ccc(F)c(F)c1F. The lowest BCUT2D eigenvalue weighted by molar-refractivity contribution is -0.125. The molecule has 0 spiro atoms. The predicted octanol–water partition coefficient (Wildman–Crippen LogP) is 3.43. The van der Waals surface area contributed by atoms with Crippen molar-refractivity contribution in [1.82, 2.24) is 5.32 Å². The molecule has 0 saturated heterocycles. The maximum atomic E-state index is 13.6. The molecule has 0 heterocycles. The van der Waals surface area contributed by atoms with E-state index < -0.39 is 40.9 Å². The average molecular weight is 376 g/mol. The number of anilines is 1. The van der Waals surface area contributed by atoms with Gasteiger partial charge in [0, 0.05) is 6.54 Å². The van der Waals surface area contributed by atoms with E-state index in [1.165, 1.54) is 5.56 Å². The topological polar surface area (TPSA) is 58.2 Å². The minimum Gasteiger partial charge on any atom is -0.356 e. The van der Waals surface area contributed by atoms with Gasteiger partial charge < -0.3 is 10.6 Å². The number of carbonyl (C=O) groups is 2. The number of hydrogen-bond donors (Lipinski definition) is 2. The van der Waals surface area contributed by atoms with Crippen LogP contribution in [0.2, 0.25) is 0 Å². The average Bonchev–Trinajstić information content (AvgIpc) is 3.47. The van der Waals surface area contributed by atoms with Gasteiger partial charge in [-0.1, -0.05) is 30.3 Å². The molecule has 2 unspecified atom stereocenters. The summed E-state index contributed by atoms with van der Waals surface area (Å²) in [6.07, 6.45) is 1.96. The van der Waals surface area contributed by atoms with Crippen LogP contribution in [0.15, 0.2) is 42.5 Å². The van der Waals surface area contributed by atoms with Crippen molar-refractivity contribution < 1.29 is 22.8 Å². The standard InChI is InChI=1S/C20H19F3N2O2/c21-15-8-9-16(18(23)17(15)22)25-20(27)14-11-13(14)19(26)24-10-4-7-12-5-2-1-3-6-12/h1-3,5-6,8-9,13-14H,4,7,10-11H2,(H,24,26)(H,25,27). The van der Waals surface area contributed by atoms with Crippen LogP contribution >= 0.6 is 0 Å². The number of rotatable bonds is 7. The van der Waals surface area contributed by atoms with Gasteiger partial charge in [0.2, 0.25) is 11.8 Å². The first-order valence-electron chi connectivity index (χ1n) is 8.73. The van der Waals surface area contributed by atoms with Crippen LogP contribution in [0.4, 0.5) is 18.9 Å². The van der Waals surface area contributed by atoms with Gasteiger partial charge in [-0.25, -0.2) is 13.2 Å². The molecule has 1 saturated carbocycles. The number of amides is 2. The molecule has 2 atom stereocenters. The molecule has 0 radical (unpaired) electrons. The summed E-state index contributed by atoms with van der Waals surface area (Å²) in [5.74, 6) is -6.30. The first-order chi connectivity index (χ1) is 13.0. The highest BCUT2D eigenvalue weighted by molar-refractivity contribution is 5.99. The van der Waals surface area contributed by atoms with E-state index in [2.05, 4.69) is 10.6 Å². The lowest BCUT2D eigenvalue weighted by Crippen LogP contribution is -2.28. The van der Waals surface area contributed by atoms with E-state index >= 15 is 0 Å². The van der Waals surface area contributed by atoms with Gasteiger partial charge in [0.1, 0.15) is 0 Å². The summed E-state index contributed by atoms with van der Waals surface area (Å²) in [5, 5.41) is 5.00. The Morgan fingerprint density at radius 2 is 1.63 bits per heavy atom. The van der Waals surface area contributed by atoms with E-state index in [1.54, 1.807) is 0 Å². The monoisotopic (exact) mass is 376 g/mol. The minimum absolute atomic E-state index is 0.228. The molecule has 0 aromatic heterocycles. The maximum Gasteiger partial charge on any atom is 0.228 e. The molecule has 3 rings (SSSR count). The molecular formula is C20H19F3N2O2. The zero-order valence-corrected chi connectivity index (χ0v) is 14.5. The van der Waals surface area contributed by atoms with Gasteiger partial charge in [-0.2, -0.15) is 0 Å². The van der Waals surface area contributed by atoms with Gasteiger partial charge in [0.05, 0.1) is 17.5 Å². The molecule has 2 aromatic carbocycles. The van der Waals surface area contributed by atoms with Gasteiger partial charge in [0.15, 0.2) is 17.5 Å². The third kappa shape index (κ3) is 4.67. The van der Waals surface area contributed by atoms with Crippen molar-refractivity contribution in [1.29, 1.82) is 0 Å². The predicted molar refractivity (Wildman–Crippen MR) is 94.3 cm³/mol. The third-order valence-corrected chi connectivity index (χ3v) is 4.54. The fourth-order valence-electron chi connectivity index (χ4n) is 2.90. The summed E-state index contributed by atoms with van der Waals surface area (Å²) in [5.41, 5.74) is 0.747. The van der Waals surface area contributed by atoms with E-state index in [4.69, 9.17) is 0 Å². The highest BCUT2D eigenvalue weighted by atomic mass is 19.2. The van der Waals surface area contributed by atoms with E-state index in [0.29, 0.717) is 13.0 Å². The lowest BCUT2D eigenvalue weighted by atomic mass is 10.1. The second kappa shape index (κ2) is 8.24. The summed E-state index contributed by atoms with van der Waals surface area (Å²) in [6, 6.07) is 11.6. The molecule has 2 aromatic rings. The Hall–Kier alpha value is -2.83. The first-order valence-corrected chi connectivity index (χ1v) is 8.73. The number of halogens is 3. The van der Waals surface area contributed by atoms with Gasteiger partial charge >= 0.3 is 0 Å². The van der Waals surface area contributed by atoms with Crippen LogP contribution in [0.5, 0.6) is 0 Å². The molecule has 0 aliphatic heterocycles. The Balaban J connectivity index is 1.42. The van der Waals surface area contributed by atoms with Crippen LogP contribution in [-0.2, 0) is 16.0 Å². The van der Waals surface area contributed by atoms with Gasteiger partial charge in [-0.3, -0.25) is 9.59 Å². The largest absolute Gasteiger partial charge is 0.356 e. The molecule has 1 fully saturated rings. The van der Waals surface area contributed by atoms with E-state index in [-0.39, 0.29) is 5.91 Å². The number of benzene rings is 2. The Labute approximate surface area is 154 Å². The molecule has 4 nitrogen and oxygen atoms in total. The number of hydrogen-bond acceptors (Lipinski definition) is 2. The summed E-state index contributed by atoms with van der Waals surface area (Å²) in [4.78, 5) is 24.2. The van der Waals surface area contributed by atoms with Gasteiger partial charge in [-0.05, 0) is 37.0 Å². The second-order valence-electron chi connectivity index (χ2n) is 6.54. The van der Waals surface area contributed by atoms with Crippen LogP contribution in [0, 0.1) is 29.3 Å². The summed E-state index contributed by atoms with van der Waals surface area (Å²) in [7, 11) is 0. The molecule has 2 N–H and O–H groups in total. The Kier molecular flexibility index (Phi) is 5.78. The van der Waals surface area contributed by atoms with E-state index in [9.17, 15) is 22.8 Å². The molecule has 2 amide bonds. The van der Waals surface area contributed by atoms with Crippen molar-refractivity contribution in [2.75, 3.05) is 11.9 Å². The molecule has 0 bridgehead atoms. The smallest absolute Gasteiger partial charge is 0.228 e. The zero-order valence-electron chi connectivity index (χ0n) is 14.5. The van der Waals surface area contributed by atoms with Crippen molar-refractivity contribution in [3.05, 3.63) is 65.5 Å². The minimum atomic E-state index is -1.64. The normalized spacial score (nSPS) is 18.0. The molecule has 1 aliphatic carbocycles. The van der Waals surface area contributed by atoms with Crippen molar-refractivity contribution in [2.45, 2.75) is 19.3 Å². The number of carbonyl (C=O) groups excluding carboxylic acids is 2. The number of aryl methyl sites for hydroxylation is 1. The maximum absolute atomic E-state index is 13.6. The Morgan fingerprint density at radius 3 is 2.37 bits per heavy atom. The van der Waals surface area contributed by atoms with Crippen LogP contribution in [0.3, 0.4) is 0 Å². The second-order valence-corrected chi connectivity index (χ2v) is 6.54. The Morgan fingerprint density at radius 1 is 0.926 bits per heavy atom. The summed E-state index contributed by atoms with van der Waals surface area (Å²) < 4.78 is 39.7. The van der Waals surface area contributed by atoms with Crippen LogP contribution in [-0.4, -0.2) is 18.4 Å². The Bertz CT molecular complexity index is 843. The molecule has 27 heavy (non-hydrogen) atoms. The van der Waals surface area contributed by atoms with E-state index in [1.807, 2.05) is 30.3 Å². The number of nitrogens with one attached hydrogen (secondary N) is 2. The van der Waals surface area contributed by atoms with Gasteiger partial charge in [-0.15, -0.1) is 0 Å². The summed E-state index contributed by atoms with van der Waals surface area (Å²) >= 11 is 0. The first kappa shape index (κ1) is 18.9. The molecule has 7 heteroatoms. The fraction of sp³-hybridized carbons (Fsp3) is 0.300. The van der Waals surface area contributed by atoms with Crippen molar-refractivity contribution in [3.63, 3.8) is 0 Å². The highest BCUT2D eigenvalue weighted by Gasteiger charge is 2.48. The van der Waals surface area contributed by atoms with E-state index in [0.717, 1.165) is 25.0 Å². The summed E-state index contributed by atoms with van der Waals surface area (Å²) in [6.45, 7) is 0.496. The van der Waals surface area contributed by atoms with Crippen molar-refractivity contribution in [3.8, 4) is 0 Å². The van der Waals surface area contributed by atoms with Crippen LogP contribution in [0.1, 0.15) is 18.4 Å². The molecule has 142 valence electrons. The van der Waals surface area contributed by atoms with Gasteiger partial charge in [0.25, 0.3) is 0 Å². The van der Waals surface area contributed by atoms with Crippen LogP contribution < -0.4 is 10.6 Å². The van der Waals surface area contributed by atoms with Crippen LogP contribution in [0.25, 0.3) is 0 Å². The fourth-order valence-corrected chi connectivity index (χ4v) is 2.90. The lowest BCUT2D eigenvalue weighted by Gasteiger charge is -2.08.